The summed E-state index contributed by atoms with van der Waals surface area (Å²) in [5, 5.41) is 3.35. The maximum Gasteiger partial charge on any atom is 0.167 e. The second kappa shape index (κ2) is 6.58. The Morgan fingerprint density at radius 2 is 1.76 bits per heavy atom. The lowest BCUT2D eigenvalue weighted by Crippen LogP contribution is -2.35. The van der Waals surface area contributed by atoms with Crippen molar-refractivity contribution >= 4 is 15.9 Å². The molecule has 112 valence electrons. The predicted molar refractivity (Wildman–Crippen MR) is 87.2 cm³/mol. The van der Waals surface area contributed by atoms with Gasteiger partial charge in [0, 0.05) is 22.1 Å². The van der Waals surface area contributed by atoms with Gasteiger partial charge in [-0.05, 0) is 51.1 Å². The third-order valence-corrected chi connectivity index (χ3v) is 3.42. The molecule has 0 unspecified atom stereocenters. The van der Waals surface area contributed by atoms with Crippen LogP contribution in [0.4, 0.5) is 4.39 Å². The minimum absolute atomic E-state index is 0.0405. The fourth-order valence-electron chi connectivity index (χ4n) is 1.79. The normalized spacial score (nSPS) is 11.5. The van der Waals surface area contributed by atoms with Gasteiger partial charge in [-0.15, -0.1) is 0 Å². The Labute approximate surface area is 133 Å². The third-order valence-electron chi connectivity index (χ3n) is 2.89. The molecule has 2 aromatic carbocycles. The van der Waals surface area contributed by atoms with E-state index in [1.807, 2.05) is 18.2 Å². The first kappa shape index (κ1) is 16.0. The molecule has 0 radical (unpaired) electrons. The zero-order chi connectivity index (χ0) is 15.5. The second-order valence-corrected chi connectivity index (χ2v) is 6.80. The number of halogens is 2. The van der Waals surface area contributed by atoms with Crippen molar-refractivity contribution in [2.24, 2.45) is 0 Å². The Hall–Kier alpha value is -1.39. The summed E-state index contributed by atoms with van der Waals surface area (Å²) in [5.74, 6) is 0.531. The van der Waals surface area contributed by atoms with Crippen LogP contribution in [0.3, 0.4) is 0 Å². The Bertz CT molecular complexity index is 605. The highest BCUT2D eigenvalue weighted by Crippen LogP contribution is 2.29. The molecule has 0 aliphatic heterocycles. The van der Waals surface area contributed by atoms with Crippen molar-refractivity contribution in [3.63, 3.8) is 0 Å². The first-order chi connectivity index (χ1) is 9.85. The molecule has 0 aromatic heterocycles. The third kappa shape index (κ3) is 4.83. The number of para-hydroxylation sites is 1. The van der Waals surface area contributed by atoms with Crippen LogP contribution in [0.1, 0.15) is 26.3 Å². The van der Waals surface area contributed by atoms with Gasteiger partial charge in [0.25, 0.3) is 0 Å². The van der Waals surface area contributed by atoms with Crippen molar-refractivity contribution in [1.82, 2.24) is 5.32 Å². The van der Waals surface area contributed by atoms with E-state index in [1.165, 1.54) is 6.07 Å². The summed E-state index contributed by atoms with van der Waals surface area (Å²) >= 11 is 3.37. The maximum atomic E-state index is 14.1. The van der Waals surface area contributed by atoms with Gasteiger partial charge in [0.1, 0.15) is 5.75 Å². The summed E-state index contributed by atoms with van der Waals surface area (Å²) in [7, 11) is 0. The summed E-state index contributed by atoms with van der Waals surface area (Å²) in [4.78, 5) is 0. The van der Waals surface area contributed by atoms with E-state index < -0.39 is 0 Å². The van der Waals surface area contributed by atoms with E-state index in [2.05, 4.69) is 42.0 Å². The number of ether oxygens (including phenoxy) is 1. The molecule has 0 bridgehead atoms. The van der Waals surface area contributed by atoms with Crippen LogP contribution >= 0.6 is 15.9 Å². The van der Waals surface area contributed by atoms with Gasteiger partial charge < -0.3 is 10.1 Å². The second-order valence-electron chi connectivity index (χ2n) is 5.89. The van der Waals surface area contributed by atoms with Crippen molar-refractivity contribution < 1.29 is 9.13 Å². The molecule has 21 heavy (non-hydrogen) atoms. The minimum atomic E-state index is -0.355. The van der Waals surface area contributed by atoms with Crippen molar-refractivity contribution in [3.05, 3.63) is 58.3 Å². The fraction of sp³-hybridized carbons (Fsp3) is 0.294. The fourth-order valence-corrected chi connectivity index (χ4v) is 2.05. The molecule has 0 saturated heterocycles. The molecule has 2 aromatic rings. The Kier molecular flexibility index (Phi) is 5.01. The van der Waals surface area contributed by atoms with Gasteiger partial charge in [-0.25, -0.2) is 4.39 Å². The molecule has 0 atom stereocenters. The van der Waals surface area contributed by atoms with Gasteiger partial charge in [-0.2, -0.15) is 0 Å². The van der Waals surface area contributed by atoms with Gasteiger partial charge in [0.2, 0.25) is 0 Å². The quantitative estimate of drug-likeness (QED) is 0.810. The van der Waals surface area contributed by atoms with E-state index in [0.717, 1.165) is 10.0 Å². The van der Waals surface area contributed by atoms with E-state index in [-0.39, 0.29) is 17.1 Å². The number of nitrogens with one attached hydrogen (secondary N) is 1. The predicted octanol–water partition coefficient (Wildman–Crippen LogP) is 5.27. The van der Waals surface area contributed by atoms with Gasteiger partial charge in [0.15, 0.2) is 11.6 Å². The molecular formula is C17H19BrFNO. The first-order valence-electron chi connectivity index (χ1n) is 6.81. The summed E-state index contributed by atoms with van der Waals surface area (Å²) in [5.41, 5.74) is 0.758. The zero-order valence-corrected chi connectivity index (χ0v) is 14.0. The SMILES string of the molecule is CC(C)(C)NCc1cccc(F)c1Oc1ccc(Br)cc1. The van der Waals surface area contributed by atoms with Crippen LogP contribution in [0.15, 0.2) is 46.9 Å². The monoisotopic (exact) mass is 351 g/mol. The number of benzene rings is 2. The van der Waals surface area contributed by atoms with Crippen molar-refractivity contribution in [1.29, 1.82) is 0 Å². The molecule has 4 heteroatoms. The van der Waals surface area contributed by atoms with Crippen LogP contribution in [-0.2, 0) is 6.54 Å². The van der Waals surface area contributed by atoms with Crippen molar-refractivity contribution in [3.8, 4) is 11.5 Å². The van der Waals surface area contributed by atoms with Gasteiger partial charge in [-0.1, -0.05) is 28.1 Å². The molecule has 0 saturated carbocycles. The number of hydrogen-bond acceptors (Lipinski definition) is 2. The van der Waals surface area contributed by atoms with Crippen LogP contribution in [0.25, 0.3) is 0 Å². The molecule has 0 fully saturated rings. The van der Waals surface area contributed by atoms with Crippen LogP contribution in [0.5, 0.6) is 11.5 Å². The molecule has 2 rings (SSSR count). The van der Waals surface area contributed by atoms with E-state index in [1.54, 1.807) is 18.2 Å². The Balaban J connectivity index is 2.23. The lowest BCUT2D eigenvalue weighted by atomic mass is 10.1. The summed E-state index contributed by atoms with van der Waals surface area (Å²) < 4.78 is 20.8. The molecular weight excluding hydrogens is 333 g/mol. The highest BCUT2D eigenvalue weighted by atomic mass is 79.9. The number of rotatable bonds is 4. The van der Waals surface area contributed by atoms with Crippen molar-refractivity contribution in [2.75, 3.05) is 0 Å². The highest BCUT2D eigenvalue weighted by molar-refractivity contribution is 9.10. The number of hydrogen-bond donors (Lipinski definition) is 1. The van der Waals surface area contributed by atoms with Crippen LogP contribution in [0, 0.1) is 5.82 Å². The minimum Gasteiger partial charge on any atom is -0.454 e. The summed E-state index contributed by atoms with van der Waals surface area (Å²) in [6.07, 6.45) is 0. The van der Waals surface area contributed by atoms with Gasteiger partial charge >= 0.3 is 0 Å². The highest BCUT2D eigenvalue weighted by Gasteiger charge is 2.14. The Morgan fingerprint density at radius 3 is 2.38 bits per heavy atom. The molecule has 1 N–H and O–H groups in total. The van der Waals surface area contributed by atoms with E-state index in [9.17, 15) is 4.39 Å². The van der Waals surface area contributed by atoms with Crippen molar-refractivity contribution in [2.45, 2.75) is 32.9 Å². The zero-order valence-electron chi connectivity index (χ0n) is 12.4. The molecule has 0 aliphatic rings. The van der Waals surface area contributed by atoms with Crippen LogP contribution < -0.4 is 10.1 Å². The largest absolute Gasteiger partial charge is 0.454 e. The van der Waals surface area contributed by atoms with Crippen LogP contribution in [-0.4, -0.2) is 5.54 Å². The lowest BCUT2D eigenvalue weighted by molar-refractivity contribution is 0.404. The van der Waals surface area contributed by atoms with Gasteiger partial charge in [0.05, 0.1) is 0 Å². The smallest absolute Gasteiger partial charge is 0.167 e. The molecule has 0 amide bonds. The first-order valence-corrected chi connectivity index (χ1v) is 7.60. The van der Waals surface area contributed by atoms with Crippen LogP contribution in [0.2, 0.25) is 0 Å². The van der Waals surface area contributed by atoms with E-state index >= 15 is 0 Å². The Morgan fingerprint density at radius 1 is 1.10 bits per heavy atom. The topological polar surface area (TPSA) is 21.3 Å². The van der Waals surface area contributed by atoms with Gasteiger partial charge in [-0.3, -0.25) is 0 Å². The average Bonchev–Trinajstić information content (AvgIpc) is 2.41. The summed E-state index contributed by atoms with van der Waals surface area (Å²) in [6.45, 7) is 6.76. The standard InChI is InChI=1S/C17H19BrFNO/c1-17(2,3)20-11-12-5-4-6-15(19)16(12)21-14-9-7-13(18)8-10-14/h4-10,20H,11H2,1-3H3. The maximum absolute atomic E-state index is 14.1. The molecule has 0 aliphatic carbocycles. The average molecular weight is 352 g/mol. The lowest BCUT2D eigenvalue weighted by Gasteiger charge is -2.21. The molecule has 0 heterocycles. The summed E-state index contributed by atoms with van der Waals surface area (Å²) in [6, 6.07) is 12.3. The van der Waals surface area contributed by atoms with E-state index in [4.69, 9.17) is 4.74 Å². The molecule has 2 nitrogen and oxygen atoms in total. The van der Waals surface area contributed by atoms with E-state index in [0.29, 0.717) is 12.3 Å². The molecule has 0 spiro atoms.